The van der Waals surface area contributed by atoms with Gasteiger partial charge in [0.1, 0.15) is 5.76 Å². The Hall–Kier alpha value is -1.33. The van der Waals surface area contributed by atoms with E-state index < -0.39 is 0 Å². The Balaban J connectivity index is 2.36. The Kier molecular flexibility index (Phi) is 4.61. The molecule has 2 rings (SSSR count). The predicted octanol–water partition coefficient (Wildman–Crippen LogP) is 3.89. The fourth-order valence-corrected chi connectivity index (χ4v) is 2.25. The van der Waals surface area contributed by atoms with E-state index in [1.807, 2.05) is 25.1 Å². The number of ether oxygens (including phenoxy) is 1. The van der Waals surface area contributed by atoms with Gasteiger partial charge in [-0.25, -0.2) is 4.39 Å². The number of hydrogen-bond acceptors (Lipinski definition) is 3. The van der Waals surface area contributed by atoms with Gasteiger partial charge in [0.05, 0.1) is 13.2 Å². The lowest BCUT2D eigenvalue weighted by Gasteiger charge is -2.16. The fraction of sp³-hybridized carbons (Fsp3) is 0.286. The molecule has 3 nitrogen and oxygen atoms in total. The molecule has 1 aromatic heterocycles. The summed E-state index contributed by atoms with van der Waals surface area (Å²) < 4.78 is 24.9. The zero-order valence-electron chi connectivity index (χ0n) is 10.7. The molecule has 0 saturated heterocycles. The molecule has 19 heavy (non-hydrogen) atoms. The first-order valence-corrected chi connectivity index (χ1v) is 6.77. The summed E-state index contributed by atoms with van der Waals surface area (Å²) >= 11 is 3.27. The maximum absolute atomic E-state index is 13.8. The molecule has 1 unspecified atom stereocenters. The Labute approximate surface area is 119 Å². The van der Waals surface area contributed by atoms with E-state index in [0.717, 1.165) is 17.9 Å². The van der Waals surface area contributed by atoms with Crippen molar-refractivity contribution in [2.24, 2.45) is 0 Å². The van der Waals surface area contributed by atoms with Crippen molar-refractivity contribution in [3.63, 3.8) is 0 Å². The molecule has 1 aromatic carbocycles. The molecule has 0 radical (unpaired) electrons. The molecule has 0 bridgehead atoms. The lowest BCUT2D eigenvalue weighted by Crippen LogP contribution is -2.21. The summed E-state index contributed by atoms with van der Waals surface area (Å²) in [5, 5.41) is 3.27. The highest BCUT2D eigenvalue weighted by molar-refractivity contribution is 9.10. The van der Waals surface area contributed by atoms with E-state index in [1.165, 1.54) is 13.2 Å². The van der Waals surface area contributed by atoms with Gasteiger partial charge in [-0.15, -0.1) is 0 Å². The number of furan rings is 1. The van der Waals surface area contributed by atoms with Gasteiger partial charge in [0, 0.05) is 0 Å². The summed E-state index contributed by atoms with van der Waals surface area (Å²) in [6.07, 6.45) is 0. The van der Waals surface area contributed by atoms with Crippen LogP contribution in [0.3, 0.4) is 0 Å². The molecule has 2 aromatic rings. The van der Waals surface area contributed by atoms with Crippen LogP contribution in [0.5, 0.6) is 5.75 Å². The molecule has 1 heterocycles. The normalized spacial score (nSPS) is 12.4. The van der Waals surface area contributed by atoms with Crippen molar-refractivity contribution >= 4 is 15.9 Å². The second kappa shape index (κ2) is 6.21. The number of benzene rings is 1. The molecule has 0 amide bonds. The largest absolute Gasteiger partial charge is 0.494 e. The Morgan fingerprint density at radius 2 is 2.16 bits per heavy atom. The van der Waals surface area contributed by atoms with Crippen molar-refractivity contribution in [3.05, 3.63) is 52.1 Å². The van der Waals surface area contributed by atoms with Crippen LogP contribution in [0.4, 0.5) is 4.39 Å². The highest BCUT2D eigenvalue weighted by Gasteiger charge is 2.18. The van der Waals surface area contributed by atoms with Gasteiger partial charge >= 0.3 is 0 Å². The summed E-state index contributed by atoms with van der Waals surface area (Å²) in [6, 6.07) is 8.40. The summed E-state index contributed by atoms with van der Waals surface area (Å²) in [7, 11) is 1.45. The van der Waals surface area contributed by atoms with E-state index in [4.69, 9.17) is 9.15 Å². The number of halogens is 2. The zero-order valence-corrected chi connectivity index (χ0v) is 12.3. The third-order valence-electron chi connectivity index (χ3n) is 2.80. The van der Waals surface area contributed by atoms with Crippen molar-refractivity contribution in [2.45, 2.75) is 13.0 Å². The maximum atomic E-state index is 13.8. The van der Waals surface area contributed by atoms with Crippen molar-refractivity contribution < 1.29 is 13.5 Å². The van der Waals surface area contributed by atoms with Crippen LogP contribution in [-0.4, -0.2) is 13.7 Å². The quantitative estimate of drug-likeness (QED) is 0.904. The summed E-state index contributed by atoms with van der Waals surface area (Å²) in [5.41, 5.74) is 0.794. The van der Waals surface area contributed by atoms with Gasteiger partial charge in [-0.05, 0) is 52.3 Å². The fourth-order valence-electron chi connectivity index (χ4n) is 1.93. The SMILES string of the molecule is CCNC(c1ccc(OC)c(F)c1)c1ccc(Br)o1. The lowest BCUT2D eigenvalue weighted by molar-refractivity contribution is 0.384. The van der Waals surface area contributed by atoms with Gasteiger partial charge in [-0.1, -0.05) is 13.0 Å². The minimum atomic E-state index is -0.381. The molecule has 1 N–H and O–H groups in total. The van der Waals surface area contributed by atoms with Gasteiger partial charge in [-0.2, -0.15) is 0 Å². The first-order valence-electron chi connectivity index (χ1n) is 5.97. The average Bonchev–Trinajstić information content (AvgIpc) is 2.82. The number of rotatable bonds is 5. The maximum Gasteiger partial charge on any atom is 0.169 e. The third-order valence-corrected chi connectivity index (χ3v) is 3.22. The summed E-state index contributed by atoms with van der Waals surface area (Å²) in [6.45, 7) is 2.74. The van der Waals surface area contributed by atoms with E-state index in [-0.39, 0.29) is 17.6 Å². The van der Waals surface area contributed by atoms with E-state index in [2.05, 4.69) is 21.2 Å². The molecular formula is C14H15BrFNO2. The Morgan fingerprint density at radius 1 is 1.37 bits per heavy atom. The molecule has 102 valence electrons. The molecule has 0 aliphatic heterocycles. The average molecular weight is 328 g/mol. The number of hydrogen-bond donors (Lipinski definition) is 1. The van der Waals surface area contributed by atoms with E-state index in [1.54, 1.807) is 6.07 Å². The second-order valence-corrected chi connectivity index (χ2v) is 4.81. The van der Waals surface area contributed by atoms with Crippen LogP contribution < -0.4 is 10.1 Å². The van der Waals surface area contributed by atoms with E-state index in [9.17, 15) is 4.39 Å². The van der Waals surface area contributed by atoms with Crippen molar-refractivity contribution in [1.29, 1.82) is 0 Å². The second-order valence-electron chi connectivity index (χ2n) is 4.03. The van der Waals surface area contributed by atoms with E-state index >= 15 is 0 Å². The van der Waals surface area contributed by atoms with Crippen molar-refractivity contribution in [1.82, 2.24) is 5.32 Å². The first kappa shape index (κ1) is 14.1. The molecule has 1 atom stereocenters. The topological polar surface area (TPSA) is 34.4 Å². The highest BCUT2D eigenvalue weighted by Crippen LogP contribution is 2.28. The summed E-state index contributed by atoms with van der Waals surface area (Å²) in [4.78, 5) is 0. The number of nitrogens with one attached hydrogen (secondary N) is 1. The van der Waals surface area contributed by atoms with Crippen molar-refractivity contribution in [3.8, 4) is 5.75 Å². The van der Waals surface area contributed by atoms with Gasteiger partial charge in [0.2, 0.25) is 0 Å². The first-order chi connectivity index (χ1) is 9.15. The van der Waals surface area contributed by atoms with Crippen LogP contribution in [-0.2, 0) is 0 Å². The molecule has 5 heteroatoms. The highest BCUT2D eigenvalue weighted by atomic mass is 79.9. The van der Waals surface area contributed by atoms with Crippen LogP contribution in [0.2, 0.25) is 0 Å². The predicted molar refractivity (Wildman–Crippen MR) is 74.9 cm³/mol. The minimum absolute atomic E-state index is 0.184. The van der Waals surface area contributed by atoms with Gasteiger partial charge in [-0.3, -0.25) is 0 Å². The monoisotopic (exact) mass is 327 g/mol. The minimum Gasteiger partial charge on any atom is -0.494 e. The molecule has 0 spiro atoms. The smallest absolute Gasteiger partial charge is 0.169 e. The Morgan fingerprint density at radius 3 is 2.68 bits per heavy atom. The standard InChI is InChI=1S/C14H15BrFNO2/c1-3-17-14(12-6-7-13(15)19-12)9-4-5-11(18-2)10(16)8-9/h4-8,14,17H,3H2,1-2H3. The molecular weight excluding hydrogens is 313 g/mol. The van der Waals surface area contributed by atoms with Crippen LogP contribution >= 0.6 is 15.9 Å². The summed E-state index contributed by atoms with van der Waals surface area (Å²) in [5.74, 6) is 0.589. The molecule has 0 fully saturated rings. The molecule has 0 saturated carbocycles. The van der Waals surface area contributed by atoms with Crippen LogP contribution in [0, 0.1) is 5.82 Å². The number of methoxy groups -OCH3 is 1. The van der Waals surface area contributed by atoms with Gasteiger partial charge in [0.25, 0.3) is 0 Å². The zero-order chi connectivity index (χ0) is 13.8. The molecule has 0 aliphatic rings. The van der Waals surface area contributed by atoms with Crippen LogP contribution in [0.1, 0.15) is 24.3 Å². The van der Waals surface area contributed by atoms with Crippen LogP contribution in [0.25, 0.3) is 0 Å². The van der Waals surface area contributed by atoms with Crippen LogP contribution in [0.15, 0.2) is 39.4 Å². The Bertz CT molecular complexity index is 556. The lowest BCUT2D eigenvalue weighted by atomic mass is 10.0. The van der Waals surface area contributed by atoms with Gasteiger partial charge in [0.15, 0.2) is 16.2 Å². The van der Waals surface area contributed by atoms with Gasteiger partial charge < -0.3 is 14.5 Å². The molecule has 0 aliphatic carbocycles. The van der Waals surface area contributed by atoms with E-state index in [0.29, 0.717) is 4.67 Å². The van der Waals surface area contributed by atoms with Crippen molar-refractivity contribution in [2.75, 3.05) is 13.7 Å². The third kappa shape index (κ3) is 3.16.